The van der Waals surface area contributed by atoms with E-state index in [4.69, 9.17) is 4.74 Å². The smallest absolute Gasteiger partial charge is 0.173 e. The Morgan fingerprint density at radius 1 is 0.892 bits per heavy atom. The van der Waals surface area contributed by atoms with Gasteiger partial charge in [-0.1, -0.05) is 97.9 Å². The summed E-state index contributed by atoms with van der Waals surface area (Å²) in [6, 6.07) is 29.5. The van der Waals surface area contributed by atoms with Crippen molar-refractivity contribution in [3.8, 4) is 5.75 Å². The minimum Gasteiger partial charge on any atom is -0.486 e. The predicted octanol–water partition coefficient (Wildman–Crippen LogP) is 7.47. The lowest BCUT2D eigenvalue weighted by Crippen LogP contribution is -2.27. The van der Waals surface area contributed by atoms with Crippen LogP contribution in [0.25, 0.3) is 0 Å². The standard InChI is InChI=1S/C34H35NO2/c1-26-21-22-31(34(29-13-4-2-5-14-29)30-15-6-3-7-16-30)24-35(26)23-11-19-28-12-8-9-20-33(28)37-25-32(36)27-17-10-18-27/h2-9,12-16,20-22,24,27,34H,1,10-11,17-19,23,25H2. The van der Waals surface area contributed by atoms with Crippen molar-refractivity contribution in [1.29, 1.82) is 0 Å². The SMILES string of the molecule is C=C1C=CC(C(c2ccccc2)c2ccccc2)=CN1CCCc1ccccc1OCC(=O)C1CCC1. The molecule has 0 aromatic heterocycles. The fraction of sp³-hybridized carbons (Fsp3) is 0.265. The highest BCUT2D eigenvalue weighted by Gasteiger charge is 2.25. The van der Waals surface area contributed by atoms with Crippen molar-refractivity contribution in [2.24, 2.45) is 5.92 Å². The molecule has 5 rings (SSSR count). The van der Waals surface area contributed by atoms with E-state index < -0.39 is 0 Å². The maximum absolute atomic E-state index is 12.3. The number of hydrogen-bond donors (Lipinski definition) is 0. The first-order valence-corrected chi connectivity index (χ1v) is 13.4. The Labute approximate surface area is 220 Å². The molecule has 188 valence electrons. The summed E-state index contributed by atoms with van der Waals surface area (Å²) in [6.07, 6.45) is 11.6. The Morgan fingerprint density at radius 3 is 2.19 bits per heavy atom. The average molecular weight is 490 g/mol. The number of rotatable bonds is 11. The zero-order chi connectivity index (χ0) is 25.5. The van der Waals surface area contributed by atoms with E-state index in [-0.39, 0.29) is 24.2 Å². The number of hydrogen-bond acceptors (Lipinski definition) is 3. The lowest BCUT2D eigenvalue weighted by molar-refractivity contribution is -0.127. The number of Topliss-reactive ketones (excluding diaryl/α,β-unsaturated/α-hetero) is 1. The van der Waals surface area contributed by atoms with Crippen molar-refractivity contribution in [2.75, 3.05) is 13.2 Å². The normalized spacial score (nSPS) is 15.4. The van der Waals surface area contributed by atoms with Crippen LogP contribution in [0, 0.1) is 5.92 Å². The van der Waals surface area contributed by atoms with Crippen LogP contribution in [0.1, 0.15) is 48.3 Å². The quantitative estimate of drug-likeness (QED) is 0.280. The van der Waals surface area contributed by atoms with Gasteiger partial charge < -0.3 is 9.64 Å². The van der Waals surface area contributed by atoms with Crippen LogP contribution in [-0.4, -0.2) is 23.8 Å². The molecule has 1 aliphatic heterocycles. The van der Waals surface area contributed by atoms with Gasteiger partial charge >= 0.3 is 0 Å². The maximum Gasteiger partial charge on any atom is 0.173 e. The molecule has 3 aromatic carbocycles. The number of nitrogens with zero attached hydrogens (tertiary/aromatic N) is 1. The molecule has 0 unspecified atom stereocenters. The molecular formula is C34H35NO2. The van der Waals surface area contributed by atoms with Crippen LogP contribution in [0.4, 0.5) is 0 Å². The Kier molecular flexibility index (Phi) is 8.00. The fourth-order valence-electron chi connectivity index (χ4n) is 5.13. The highest BCUT2D eigenvalue weighted by Crippen LogP contribution is 2.35. The Morgan fingerprint density at radius 2 is 1.54 bits per heavy atom. The molecule has 0 N–H and O–H groups in total. The lowest BCUT2D eigenvalue weighted by atomic mass is 9.82. The van der Waals surface area contributed by atoms with Gasteiger partial charge in [0.05, 0.1) is 0 Å². The molecule has 1 heterocycles. The van der Waals surface area contributed by atoms with Crippen molar-refractivity contribution < 1.29 is 9.53 Å². The molecule has 1 saturated carbocycles. The van der Waals surface area contributed by atoms with E-state index in [2.05, 4.69) is 96.6 Å². The van der Waals surface area contributed by atoms with E-state index in [0.717, 1.165) is 55.7 Å². The third-order valence-corrected chi connectivity index (χ3v) is 7.49. The first-order chi connectivity index (χ1) is 18.2. The van der Waals surface area contributed by atoms with Crippen LogP contribution in [0.5, 0.6) is 5.75 Å². The number of benzene rings is 3. The molecule has 0 atom stereocenters. The molecule has 3 heteroatoms. The summed E-state index contributed by atoms with van der Waals surface area (Å²) in [6.45, 7) is 5.33. The number of aryl methyl sites for hydroxylation is 1. The minimum atomic E-state index is 0.164. The molecule has 37 heavy (non-hydrogen) atoms. The van der Waals surface area contributed by atoms with Crippen molar-refractivity contribution >= 4 is 5.78 Å². The molecule has 1 fully saturated rings. The summed E-state index contributed by atoms with van der Waals surface area (Å²) in [5.74, 6) is 1.44. The van der Waals surface area contributed by atoms with E-state index in [1.54, 1.807) is 0 Å². The summed E-state index contributed by atoms with van der Waals surface area (Å²) < 4.78 is 5.96. The Bertz CT molecular complexity index is 1230. The largest absolute Gasteiger partial charge is 0.486 e. The predicted molar refractivity (Wildman–Crippen MR) is 150 cm³/mol. The second-order valence-corrected chi connectivity index (χ2v) is 10.00. The molecule has 0 amide bonds. The van der Waals surface area contributed by atoms with Gasteiger partial charge in [0.25, 0.3) is 0 Å². The average Bonchev–Trinajstić information content (AvgIpc) is 2.90. The van der Waals surface area contributed by atoms with Gasteiger partial charge in [-0.2, -0.15) is 0 Å². The maximum atomic E-state index is 12.3. The third-order valence-electron chi connectivity index (χ3n) is 7.49. The number of ether oxygens (including phenoxy) is 1. The molecule has 0 bridgehead atoms. The summed E-state index contributed by atoms with van der Waals surface area (Å²) in [4.78, 5) is 14.6. The minimum absolute atomic E-state index is 0.164. The van der Waals surface area contributed by atoms with Gasteiger partial charge in [-0.15, -0.1) is 0 Å². The molecule has 1 aliphatic carbocycles. The molecule has 2 aliphatic rings. The Balaban J connectivity index is 1.26. The number of ketones is 1. The van der Waals surface area contributed by atoms with Crippen molar-refractivity contribution in [3.05, 3.63) is 138 Å². The van der Waals surface area contributed by atoms with Gasteiger partial charge in [-0.25, -0.2) is 0 Å². The van der Waals surface area contributed by atoms with Gasteiger partial charge in [-0.3, -0.25) is 4.79 Å². The number of carbonyl (C=O) groups excluding carboxylic acids is 1. The van der Waals surface area contributed by atoms with Crippen LogP contribution in [0.2, 0.25) is 0 Å². The number of carbonyl (C=O) groups is 1. The summed E-state index contributed by atoms with van der Waals surface area (Å²) >= 11 is 0. The molecule has 0 saturated heterocycles. The molecule has 3 nitrogen and oxygen atoms in total. The van der Waals surface area contributed by atoms with E-state index in [0.29, 0.717) is 0 Å². The van der Waals surface area contributed by atoms with Crippen LogP contribution in [0.15, 0.2) is 121 Å². The van der Waals surface area contributed by atoms with Gasteiger partial charge in [0, 0.05) is 30.3 Å². The lowest BCUT2D eigenvalue weighted by Gasteiger charge is -2.29. The van der Waals surface area contributed by atoms with Crippen LogP contribution >= 0.6 is 0 Å². The van der Waals surface area contributed by atoms with Crippen LogP contribution in [0.3, 0.4) is 0 Å². The second-order valence-electron chi connectivity index (χ2n) is 10.00. The van der Waals surface area contributed by atoms with Crippen molar-refractivity contribution in [3.63, 3.8) is 0 Å². The summed E-state index contributed by atoms with van der Waals surface area (Å²) in [5.41, 5.74) is 5.96. The Hall–Kier alpha value is -3.85. The molecule has 0 radical (unpaired) electrons. The van der Waals surface area contributed by atoms with E-state index in [9.17, 15) is 4.79 Å². The zero-order valence-corrected chi connectivity index (χ0v) is 21.4. The first kappa shape index (κ1) is 24.8. The third kappa shape index (κ3) is 6.11. The van der Waals surface area contributed by atoms with Crippen molar-refractivity contribution in [1.82, 2.24) is 4.90 Å². The monoisotopic (exact) mass is 489 g/mol. The second kappa shape index (κ2) is 11.9. The fourth-order valence-corrected chi connectivity index (χ4v) is 5.13. The number of para-hydroxylation sites is 1. The summed E-state index contributed by atoms with van der Waals surface area (Å²) in [5, 5.41) is 0. The van der Waals surface area contributed by atoms with E-state index in [1.165, 1.54) is 16.7 Å². The van der Waals surface area contributed by atoms with Gasteiger partial charge in [0.1, 0.15) is 12.4 Å². The molecule has 0 spiro atoms. The first-order valence-electron chi connectivity index (χ1n) is 13.4. The van der Waals surface area contributed by atoms with Crippen LogP contribution in [-0.2, 0) is 11.2 Å². The van der Waals surface area contributed by atoms with Gasteiger partial charge in [0.15, 0.2) is 5.78 Å². The highest BCUT2D eigenvalue weighted by molar-refractivity contribution is 5.83. The van der Waals surface area contributed by atoms with Crippen molar-refractivity contribution in [2.45, 2.75) is 38.0 Å². The van der Waals surface area contributed by atoms with E-state index >= 15 is 0 Å². The number of allylic oxidation sites excluding steroid dienone is 3. The van der Waals surface area contributed by atoms with Gasteiger partial charge in [0.2, 0.25) is 0 Å². The summed E-state index contributed by atoms with van der Waals surface area (Å²) in [7, 11) is 0. The van der Waals surface area contributed by atoms with E-state index in [1.807, 2.05) is 18.2 Å². The van der Waals surface area contributed by atoms with Crippen LogP contribution < -0.4 is 4.74 Å². The molecular weight excluding hydrogens is 454 g/mol. The topological polar surface area (TPSA) is 29.5 Å². The zero-order valence-electron chi connectivity index (χ0n) is 21.4. The van der Waals surface area contributed by atoms with Gasteiger partial charge in [-0.05, 0) is 60.1 Å². The molecule has 3 aromatic rings. The highest BCUT2D eigenvalue weighted by atomic mass is 16.5.